The van der Waals surface area contributed by atoms with E-state index in [-0.39, 0.29) is 5.91 Å². The van der Waals surface area contributed by atoms with E-state index < -0.39 is 0 Å². The fourth-order valence-corrected chi connectivity index (χ4v) is 2.57. The van der Waals surface area contributed by atoms with Gasteiger partial charge in [-0.2, -0.15) is 0 Å². The topological polar surface area (TPSA) is 45.2 Å². The molecular formula is C11H17N3OS. The molecule has 1 aliphatic rings. The summed E-state index contributed by atoms with van der Waals surface area (Å²) in [6, 6.07) is 0.524. The van der Waals surface area contributed by atoms with Gasteiger partial charge in [0.05, 0.1) is 6.54 Å². The first-order valence-corrected chi connectivity index (χ1v) is 6.57. The van der Waals surface area contributed by atoms with Gasteiger partial charge in [-0.1, -0.05) is 6.42 Å². The fourth-order valence-electron chi connectivity index (χ4n) is 2.02. The van der Waals surface area contributed by atoms with E-state index in [2.05, 4.69) is 22.1 Å². The Bertz CT molecular complexity index is 339. The number of anilines is 1. The summed E-state index contributed by atoms with van der Waals surface area (Å²) >= 11 is 1.45. The second-order valence-corrected chi connectivity index (χ2v) is 5.10. The van der Waals surface area contributed by atoms with Crippen molar-refractivity contribution in [1.82, 2.24) is 9.88 Å². The van der Waals surface area contributed by atoms with Gasteiger partial charge in [0.25, 0.3) is 0 Å². The van der Waals surface area contributed by atoms with Crippen LogP contribution in [0.25, 0.3) is 0 Å². The maximum atomic E-state index is 11.7. The molecule has 1 unspecified atom stereocenters. The summed E-state index contributed by atoms with van der Waals surface area (Å²) in [5, 5.41) is 5.37. The highest BCUT2D eigenvalue weighted by molar-refractivity contribution is 7.13. The maximum Gasteiger partial charge on any atom is 0.240 e. The standard InChI is InChI=1S/C11H17N3OS/c1-9-4-2-3-6-14(9)8-10(15)13-11-12-5-7-16-11/h5,7,9H,2-4,6,8H2,1H3,(H,12,13,15). The zero-order chi connectivity index (χ0) is 11.4. The third-order valence-electron chi connectivity index (χ3n) is 2.97. The summed E-state index contributed by atoms with van der Waals surface area (Å²) in [6.07, 6.45) is 5.38. The molecule has 0 spiro atoms. The van der Waals surface area contributed by atoms with Crippen molar-refractivity contribution in [2.24, 2.45) is 0 Å². The van der Waals surface area contributed by atoms with Crippen LogP contribution in [0.2, 0.25) is 0 Å². The van der Waals surface area contributed by atoms with Crippen molar-refractivity contribution in [2.45, 2.75) is 32.2 Å². The first-order chi connectivity index (χ1) is 7.75. The molecule has 1 fully saturated rings. The largest absolute Gasteiger partial charge is 0.301 e. The molecule has 0 radical (unpaired) electrons. The number of hydrogen-bond acceptors (Lipinski definition) is 4. The molecule has 2 heterocycles. The molecule has 0 aliphatic carbocycles. The summed E-state index contributed by atoms with van der Waals surface area (Å²) in [6.45, 7) is 3.71. The molecule has 0 saturated carbocycles. The van der Waals surface area contributed by atoms with Crippen LogP contribution in [0.4, 0.5) is 5.13 Å². The Balaban J connectivity index is 1.82. The number of carbonyl (C=O) groups excluding carboxylic acids is 1. The van der Waals surface area contributed by atoms with Gasteiger partial charge in [0, 0.05) is 17.6 Å². The lowest BCUT2D eigenvalue weighted by Crippen LogP contribution is -2.42. The highest BCUT2D eigenvalue weighted by atomic mass is 32.1. The average molecular weight is 239 g/mol. The van der Waals surface area contributed by atoms with Gasteiger partial charge < -0.3 is 5.32 Å². The highest BCUT2D eigenvalue weighted by Gasteiger charge is 2.20. The summed E-state index contributed by atoms with van der Waals surface area (Å²) < 4.78 is 0. The van der Waals surface area contributed by atoms with Crippen LogP contribution in [-0.4, -0.2) is 34.9 Å². The predicted molar refractivity (Wildman–Crippen MR) is 65.6 cm³/mol. The van der Waals surface area contributed by atoms with Gasteiger partial charge in [-0.25, -0.2) is 4.98 Å². The lowest BCUT2D eigenvalue weighted by atomic mass is 10.0. The molecule has 1 amide bonds. The summed E-state index contributed by atoms with van der Waals surface area (Å²) in [5.41, 5.74) is 0. The second-order valence-electron chi connectivity index (χ2n) is 4.20. The van der Waals surface area contributed by atoms with Crippen molar-refractivity contribution in [1.29, 1.82) is 0 Å². The van der Waals surface area contributed by atoms with Crippen molar-refractivity contribution in [3.63, 3.8) is 0 Å². The van der Waals surface area contributed by atoms with Gasteiger partial charge in [0.2, 0.25) is 5.91 Å². The molecule has 5 heteroatoms. The zero-order valence-electron chi connectivity index (χ0n) is 9.48. The minimum atomic E-state index is 0.0451. The number of hydrogen-bond donors (Lipinski definition) is 1. The molecule has 1 atom stereocenters. The molecule has 1 aromatic rings. The maximum absolute atomic E-state index is 11.7. The number of piperidine rings is 1. The van der Waals surface area contributed by atoms with Crippen LogP contribution in [0.1, 0.15) is 26.2 Å². The van der Waals surface area contributed by atoms with Crippen LogP contribution in [0.3, 0.4) is 0 Å². The van der Waals surface area contributed by atoms with Gasteiger partial charge in [0.15, 0.2) is 5.13 Å². The van der Waals surface area contributed by atoms with Crippen molar-refractivity contribution in [2.75, 3.05) is 18.4 Å². The van der Waals surface area contributed by atoms with Gasteiger partial charge in [-0.05, 0) is 26.3 Å². The Hall–Kier alpha value is -0.940. The van der Waals surface area contributed by atoms with Crippen molar-refractivity contribution < 1.29 is 4.79 Å². The molecule has 1 N–H and O–H groups in total. The summed E-state index contributed by atoms with van der Waals surface area (Å²) in [4.78, 5) is 18.0. The predicted octanol–water partition coefficient (Wildman–Crippen LogP) is 1.96. The van der Waals surface area contributed by atoms with E-state index in [4.69, 9.17) is 0 Å². The number of amides is 1. The Labute approximate surface area is 99.7 Å². The number of aromatic nitrogens is 1. The summed E-state index contributed by atoms with van der Waals surface area (Å²) in [5.74, 6) is 0.0451. The zero-order valence-corrected chi connectivity index (χ0v) is 10.3. The lowest BCUT2D eigenvalue weighted by molar-refractivity contribution is -0.118. The van der Waals surface area contributed by atoms with Crippen LogP contribution >= 0.6 is 11.3 Å². The third kappa shape index (κ3) is 3.02. The Kier molecular flexibility index (Phi) is 3.90. The first kappa shape index (κ1) is 11.5. The summed E-state index contributed by atoms with van der Waals surface area (Å²) in [7, 11) is 0. The van der Waals surface area contributed by atoms with Crippen LogP contribution in [0.5, 0.6) is 0 Å². The van der Waals surface area contributed by atoms with Crippen LogP contribution in [-0.2, 0) is 4.79 Å². The molecule has 4 nitrogen and oxygen atoms in total. The van der Waals surface area contributed by atoms with E-state index in [1.54, 1.807) is 6.20 Å². The minimum Gasteiger partial charge on any atom is -0.301 e. The number of carbonyl (C=O) groups is 1. The quantitative estimate of drug-likeness (QED) is 0.877. The molecule has 88 valence electrons. The van der Waals surface area contributed by atoms with E-state index in [9.17, 15) is 4.79 Å². The van der Waals surface area contributed by atoms with Gasteiger partial charge in [0.1, 0.15) is 0 Å². The Morgan fingerprint density at radius 3 is 3.25 bits per heavy atom. The molecule has 0 aromatic carbocycles. The van der Waals surface area contributed by atoms with E-state index in [0.29, 0.717) is 17.7 Å². The second kappa shape index (κ2) is 5.41. The van der Waals surface area contributed by atoms with E-state index in [1.807, 2.05) is 5.38 Å². The number of nitrogens with zero attached hydrogens (tertiary/aromatic N) is 2. The molecule has 1 saturated heterocycles. The van der Waals surface area contributed by atoms with Gasteiger partial charge in [-0.3, -0.25) is 9.69 Å². The third-order valence-corrected chi connectivity index (χ3v) is 3.65. The molecule has 0 bridgehead atoms. The number of thiazole rings is 1. The van der Waals surface area contributed by atoms with Gasteiger partial charge >= 0.3 is 0 Å². The van der Waals surface area contributed by atoms with Gasteiger partial charge in [-0.15, -0.1) is 11.3 Å². The van der Waals surface area contributed by atoms with Crippen LogP contribution in [0.15, 0.2) is 11.6 Å². The number of likely N-dealkylation sites (tertiary alicyclic amines) is 1. The number of rotatable bonds is 3. The molecule has 1 aliphatic heterocycles. The number of nitrogens with one attached hydrogen (secondary N) is 1. The molecular weight excluding hydrogens is 222 g/mol. The van der Waals surface area contributed by atoms with Crippen LogP contribution < -0.4 is 5.32 Å². The average Bonchev–Trinajstić information content (AvgIpc) is 2.74. The highest BCUT2D eigenvalue weighted by Crippen LogP contribution is 2.16. The van der Waals surface area contributed by atoms with Crippen molar-refractivity contribution in [3.8, 4) is 0 Å². The van der Waals surface area contributed by atoms with Crippen molar-refractivity contribution in [3.05, 3.63) is 11.6 Å². The molecule has 1 aromatic heterocycles. The molecule has 2 rings (SSSR count). The normalized spacial score (nSPS) is 21.9. The monoisotopic (exact) mass is 239 g/mol. The smallest absolute Gasteiger partial charge is 0.240 e. The first-order valence-electron chi connectivity index (χ1n) is 5.69. The van der Waals surface area contributed by atoms with Crippen molar-refractivity contribution >= 4 is 22.4 Å². The minimum absolute atomic E-state index is 0.0451. The van der Waals surface area contributed by atoms with E-state index >= 15 is 0 Å². The Morgan fingerprint density at radius 2 is 2.56 bits per heavy atom. The molecule has 16 heavy (non-hydrogen) atoms. The lowest BCUT2D eigenvalue weighted by Gasteiger charge is -2.32. The van der Waals surface area contributed by atoms with E-state index in [0.717, 1.165) is 6.54 Å². The fraction of sp³-hybridized carbons (Fsp3) is 0.636. The SMILES string of the molecule is CC1CCCCN1CC(=O)Nc1nccs1. The van der Waals surface area contributed by atoms with E-state index in [1.165, 1.54) is 30.6 Å². The Morgan fingerprint density at radius 1 is 1.69 bits per heavy atom. The van der Waals surface area contributed by atoms with Crippen LogP contribution in [0, 0.1) is 0 Å².